The number of carbonyl (C=O) groups is 2. The van der Waals surface area contributed by atoms with E-state index < -0.39 is 24.2 Å². The lowest BCUT2D eigenvalue weighted by atomic mass is 9.66. The van der Waals surface area contributed by atoms with Crippen molar-refractivity contribution in [3.63, 3.8) is 0 Å². The number of hydrogen-bond donors (Lipinski definition) is 0. The lowest BCUT2D eigenvalue weighted by Gasteiger charge is -2.36. The molecule has 2 aromatic rings. The molecule has 0 radical (unpaired) electrons. The van der Waals surface area contributed by atoms with Crippen molar-refractivity contribution in [2.75, 3.05) is 20.8 Å². The maximum Gasteiger partial charge on any atom is 0.323 e. The summed E-state index contributed by atoms with van der Waals surface area (Å²) in [6, 6.07) is 12.5. The molecule has 0 N–H and O–H groups in total. The molecule has 0 aliphatic heterocycles. The first-order valence-electron chi connectivity index (χ1n) is 11.0. The van der Waals surface area contributed by atoms with E-state index in [0.717, 1.165) is 5.56 Å². The third-order valence-electron chi connectivity index (χ3n) is 5.20. The molecular weight excluding hydrogens is 370 g/mol. The summed E-state index contributed by atoms with van der Waals surface area (Å²) in [6.45, 7) is -2.37. The van der Waals surface area contributed by atoms with Crippen LogP contribution >= 0.6 is 0 Å². The smallest absolute Gasteiger partial charge is 0.323 e. The normalized spacial score (nSPS) is 21.3. The topological polar surface area (TPSA) is 74.7 Å². The highest BCUT2D eigenvalue weighted by molar-refractivity contribution is 6.10. The molecule has 6 nitrogen and oxygen atoms in total. The molecule has 0 saturated heterocycles. The number of fused-ring (bicyclic) bond motifs is 1. The molecule has 2 atom stereocenters. The molecular formula is C23H27NO5. The Balaban J connectivity index is 1.95. The Labute approximate surface area is 175 Å². The summed E-state index contributed by atoms with van der Waals surface area (Å²) in [5, 5.41) is 0. The van der Waals surface area contributed by atoms with E-state index in [1.807, 2.05) is 30.3 Å². The van der Waals surface area contributed by atoms with Crippen molar-refractivity contribution in [2.45, 2.75) is 38.1 Å². The van der Waals surface area contributed by atoms with Gasteiger partial charge in [0.05, 0.1) is 20.8 Å². The summed E-state index contributed by atoms with van der Waals surface area (Å²) < 4.78 is 40.0. The van der Waals surface area contributed by atoms with Gasteiger partial charge in [0.2, 0.25) is 5.88 Å². The van der Waals surface area contributed by atoms with Crippen molar-refractivity contribution in [1.29, 1.82) is 0 Å². The number of Topliss-reactive ketones (excluding diaryl/α,β-unsaturated/α-hetero) is 1. The number of ether oxygens (including phenoxy) is 3. The minimum absolute atomic E-state index is 0.0564. The molecule has 0 bridgehead atoms. The van der Waals surface area contributed by atoms with E-state index in [4.69, 9.17) is 18.3 Å². The number of nitrogens with zero attached hydrogens (tertiary/aromatic N) is 1. The Kier molecular flexibility index (Phi) is 5.43. The van der Waals surface area contributed by atoms with Gasteiger partial charge in [-0.05, 0) is 29.9 Å². The van der Waals surface area contributed by atoms with Crippen molar-refractivity contribution in [2.24, 2.45) is 5.92 Å². The average molecular weight is 400 g/mol. The number of rotatable bonds is 8. The molecule has 1 aliphatic rings. The number of aryl methyl sites for hydroxylation is 1. The predicted octanol–water partition coefficient (Wildman–Crippen LogP) is 3.26. The Morgan fingerprint density at radius 2 is 2.00 bits per heavy atom. The van der Waals surface area contributed by atoms with Gasteiger partial charge in [0.25, 0.3) is 0 Å². The van der Waals surface area contributed by atoms with Gasteiger partial charge in [-0.1, -0.05) is 43.3 Å². The van der Waals surface area contributed by atoms with Crippen LogP contribution in [-0.2, 0) is 37.5 Å². The molecule has 1 heterocycles. The van der Waals surface area contributed by atoms with E-state index in [9.17, 15) is 9.59 Å². The maximum absolute atomic E-state index is 13.2. The van der Waals surface area contributed by atoms with Gasteiger partial charge in [-0.25, -0.2) is 4.98 Å². The Bertz CT molecular complexity index is 964. The first kappa shape index (κ1) is 17.2. The molecule has 0 amide bonds. The minimum atomic E-state index is -2.45. The second kappa shape index (κ2) is 9.18. The number of esters is 1. The summed E-state index contributed by atoms with van der Waals surface area (Å²) >= 11 is 0. The third kappa shape index (κ3) is 4.32. The van der Waals surface area contributed by atoms with Crippen molar-refractivity contribution in [1.82, 2.24) is 4.98 Å². The lowest BCUT2D eigenvalue weighted by Crippen LogP contribution is -2.49. The molecule has 29 heavy (non-hydrogen) atoms. The fraction of sp³-hybridized carbons (Fsp3) is 0.435. The molecule has 1 aromatic carbocycles. The largest absolute Gasteiger partial charge is 0.481 e. The van der Waals surface area contributed by atoms with Crippen molar-refractivity contribution < 1.29 is 27.9 Å². The van der Waals surface area contributed by atoms with Gasteiger partial charge in [-0.2, -0.15) is 0 Å². The molecule has 154 valence electrons. The zero-order valence-electron chi connectivity index (χ0n) is 19.6. The highest BCUT2D eigenvalue weighted by Gasteiger charge is 2.52. The standard InChI is InChI=1S/C23H27NO5/c1-16(14-29-15-17-7-5-4-6-8-17)13-23(22(26)28-3)18-9-12-21(27-2)24-19(18)10-11-20(23)25/h4-9,12,16H,10-11,13-15H2,1-3H3/i1D3. The number of benzene rings is 1. The van der Waals surface area contributed by atoms with Crippen molar-refractivity contribution >= 4 is 11.8 Å². The summed E-state index contributed by atoms with van der Waals surface area (Å²) in [6.07, 6.45) is 0.138. The van der Waals surface area contributed by atoms with Crippen molar-refractivity contribution in [3.05, 3.63) is 59.3 Å². The molecule has 0 spiro atoms. The second-order valence-electron chi connectivity index (χ2n) is 7.07. The molecule has 2 unspecified atom stereocenters. The van der Waals surface area contributed by atoms with Crippen molar-refractivity contribution in [3.8, 4) is 5.88 Å². The van der Waals surface area contributed by atoms with Crippen LogP contribution in [0.5, 0.6) is 5.88 Å². The zero-order chi connectivity index (χ0) is 23.4. The highest BCUT2D eigenvalue weighted by Crippen LogP contribution is 2.41. The van der Waals surface area contributed by atoms with Gasteiger partial charge in [0, 0.05) is 28.9 Å². The van der Waals surface area contributed by atoms with Crippen LogP contribution in [0.2, 0.25) is 0 Å². The summed E-state index contributed by atoms with van der Waals surface area (Å²) in [7, 11) is 2.67. The van der Waals surface area contributed by atoms with E-state index in [1.54, 1.807) is 12.1 Å². The van der Waals surface area contributed by atoms with Crippen LogP contribution in [-0.4, -0.2) is 37.6 Å². The first-order chi connectivity index (χ1) is 15.2. The Hall–Kier alpha value is -2.73. The van der Waals surface area contributed by atoms with Crippen LogP contribution in [0.3, 0.4) is 0 Å². The fourth-order valence-electron chi connectivity index (χ4n) is 3.80. The fourth-order valence-corrected chi connectivity index (χ4v) is 3.80. The van der Waals surface area contributed by atoms with Gasteiger partial charge in [-0.3, -0.25) is 9.59 Å². The number of methoxy groups -OCH3 is 2. The second-order valence-corrected chi connectivity index (χ2v) is 7.07. The molecule has 6 heteroatoms. The first-order valence-corrected chi connectivity index (χ1v) is 9.50. The van der Waals surface area contributed by atoms with Crippen LogP contribution in [0.4, 0.5) is 0 Å². The Morgan fingerprint density at radius 1 is 1.21 bits per heavy atom. The van der Waals surface area contributed by atoms with E-state index in [0.29, 0.717) is 23.6 Å². The third-order valence-corrected chi connectivity index (χ3v) is 5.20. The molecule has 3 rings (SSSR count). The van der Waals surface area contributed by atoms with Gasteiger partial charge in [-0.15, -0.1) is 0 Å². The molecule has 0 fully saturated rings. The van der Waals surface area contributed by atoms with Crippen LogP contribution < -0.4 is 4.74 Å². The Morgan fingerprint density at radius 3 is 2.69 bits per heavy atom. The number of pyridine rings is 1. The SMILES string of the molecule is [2H]C([2H])([2H])C(COCc1ccccc1)CC1(C(=O)OC)C(=O)CCc2nc(OC)ccc21. The number of hydrogen-bond acceptors (Lipinski definition) is 6. The summed E-state index contributed by atoms with van der Waals surface area (Å²) in [5.74, 6) is -1.87. The van der Waals surface area contributed by atoms with E-state index in [-0.39, 0.29) is 31.8 Å². The average Bonchev–Trinajstić information content (AvgIpc) is 2.79. The van der Waals surface area contributed by atoms with Crippen LogP contribution in [0.1, 0.15) is 40.6 Å². The number of aromatic nitrogens is 1. The maximum atomic E-state index is 13.2. The lowest BCUT2D eigenvalue weighted by molar-refractivity contribution is -0.153. The van der Waals surface area contributed by atoms with Crippen LogP contribution in [0.25, 0.3) is 0 Å². The van der Waals surface area contributed by atoms with Gasteiger partial charge in [0.15, 0.2) is 11.2 Å². The number of carbonyl (C=O) groups excluding carboxylic acids is 2. The monoisotopic (exact) mass is 400 g/mol. The quantitative estimate of drug-likeness (QED) is 0.500. The summed E-state index contributed by atoms with van der Waals surface area (Å²) in [4.78, 5) is 30.7. The van der Waals surface area contributed by atoms with Crippen LogP contribution in [0.15, 0.2) is 42.5 Å². The van der Waals surface area contributed by atoms with Gasteiger partial charge < -0.3 is 14.2 Å². The van der Waals surface area contributed by atoms with E-state index in [2.05, 4.69) is 4.98 Å². The highest BCUT2D eigenvalue weighted by atomic mass is 16.5. The van der Waals surface area contributed by atoms with Crippen LogP contribution in [0, 0.1) is 5.92 Å². The molecule has 0 saturated carbocycles. The van der Waals surface area contributed by atoms with E-state index >= 15 is 0 Å². The van der Waals surface area contributed by atoms with Gasteiger partial charge >= 0.3 is 5.97 Å². The number of ketones is 1. The zero-order valence-corrected chi connectivity index (χ0v) is 16.6. The predicted molar refractivity (Wildman–Crippen MR) is 108 cm³/mol. The molecule has 1 aromatic heterocycles. The van der Waals surface area contributed by atoms with E-state index in [1.165, 1.54) is 14.2 Å². The molecule has 1 aliphatic carbocycles. The summed E-state index contributed by atoms with van der Waals surface area (Å²) in [5.41, 5.74) is 0.0500. The minimum Gasteiger partial charge on any atom is -0.481 e. The van der Waals surface area contributed by atoms with Gasteiger partial charge in [0.1, 0.15) is 0 Å².